The minimum Gasteiger partial charge on any atom is -0.460 e. The van der Waals surface area contributed by atoms with Crippen molar-refractivity contribution in [1.82, 2.24) is 10.1 Å². The molecule has 154 valence electrons. The summed E-state index contributed by atoms with van der Waals surface area (Å²) < 4.78 is 12.3. The van der Waals surface area contributed by atoms with Gasteiger partial charge in [0.2, 0.25) is 5.91 Å². The topological polar surface area (TPSA) is 94.3 Å². The van der Waals surface area contributed by atoms with Gasteiger partial charge in [-0.25, -0.2) is 4.98 Å². The van der Waals surface area contributed by atoms with E-state index < -0.39 is 17.5 Å². The summed E-state index contributed by atoms with van der Waals surface area (Å²) in [6.45, 7) is 9.13. The summed E-state index contributed by atoms with van der Waals surface area (Å²) in [5, 5.41) is 6.71. The molecule has 3 rings (SSSR count). The van der Waals surface area contributed by atoms with Crippen LogP contribution in [0.2, 0.25) is 0 Å². The summed E-state index contributed by atoms with van der Waals surface area (Å²) in [4.78, 5) is 28.5. The molecule has 29 heavy (non-hydrogen) atoms. The van der Waals surface area contributed by atoms with Crippen molar-refractivity contribution in [3.63, 3.8) is 0 Å². The molecule has 9 heteroatoms. The summed E-state index contributed by atoms with van der Waals surface area (Å²) >= 11 is 3.18. The molecule has 0 spiro atoms. The molecule has 0 aliphatic carbocycles. The maximum absolute atomic E-state index is 12.1. The molecule has 0 saturated heterocycles. The first-order chi connectivity index (χ1) is 13.6. The van der Waals surface area contributed by atoms with Gasteiger partial charge in [0.05, 0.1) is 15.9 Å². The molecular weight excluding hydrogens is 410 g/mol. The van der Waals surface area contributed by atoms with Gasteiger partial charge >= 0.3 is 5.97 Å². The van der Waals surface area contributed by atoms with Crippen LogP contribution in [0, 0.1) is 13.8 Å². The van der Waals surface area contributed by atoms with Gasteiger partial charge < -0.3 is 14.6 Å². The second-order valence-corrected chi connectivity index (χ2v) is 9.82. The molecule has 0 atom stereocenters. The maximum Gasteiger partial charge on any atom is 0.315 e. The van der Waals surface area contributed by atoms with E-state index in [2.05, 4.69) is 15.5 Å². The molecule has 0 unspecified atom stereocenters. The van der Waals surface area contributed by atoms with E-state index in [1.165, 1.54) is 0 Å². The lowest BCUT2D eigenvalue weighted by Crippen LogP contribution is -2.27. The molecule has 0 radical (unpaired) electrons. The second kappa shape index (κ2) is 8.54. The lowest BCUT2D eigenvalue weighted by atomic mass is 10.2. The molecular formula is C20H23N3O4S2. The fourth-order valence-electron chi connectivity index (χ4n) is 2.60. The fraction of sp³-hybridized carbons (Fsp3) is 0.400. The van der Waals surface area contributed by atoms with Gasteiger partial charge in [-0.3, -0.25) is 9.59 Å². The number of hydrogen-bond acceptors (Lipinski definition) is 8. The van der Waals surface area contributed by atoms with Crippen LogP contribution in [0.15, 0.2) is 27.1 Å². The molecule has 7 nitrogen and oxygen atoms in total. The van der Waals surface area contributed by atoms with Crippen LogP contribution in [0.25, 0.3) is 10.2 Å². The number of fused-ring (bicyclic) bond motifs is 1. The number of ether oxygens (including phenoxy) is 1. The van der Waals surface area contributed by atoms with Gasteiger partial charge in [0.25, 0.3) is 0 Å². The quantitative estimate of drug-likeness (QED) is 0.337. The van der Waals surface area contributed by atoms with E-state index in [0.717, 1.165) is 37.3 Å². The zero-order valence-corrected chi connectivity index (χ0v) is 18.6. The molecule has 1 N–H and O–H groups in total. The smallest absolute Gasteiger partial charge is 0.315 e. The van der Waals surface area contributed by atoms with Crippen LogP contribution in [0.5, 0.6) is 0 Å². The summed E-state index contributed by atoms with van der Waals surface area (Å²) in [6, 6.07) is 5.49. The Bertz CT molecular complexity index is 1030. The van der Waals surface area contributed by atoms with E-state index in [1.54, 1.807) is 49.9 Å². The number of benzene rings is 1. The van der Waals surface area contributed by atoms with E-state index in [9.17, 15) is 9.59 Å². The first-order valence-electron chi connectivity index (χ1n) is 9.07. The standard InChI is InChI=1S/C20H23N3O4S2/c1-11-14(12(2)27-23-11)10-28-19-22-15-7-6-13(8-16(15)29-19)21-17(24)9-18(25)26-20(3,4)5/h6-8H,9-10H2,1-5H3,(H,21,24). The highest BCUT2D eigenvalue weighted by atomic mass is 32.2. The number of nitrogens with one attached hydrogen (secondary N) is 1. The van der Waals surface area contributed by atoms with Gasteiger partial charge in [-0.1, -0.05) is 16.9 Å². The van der Waals surface area contributed by atoms with Crippen molar-refractivity contribution >= 4 is 50.9 Å². The monoisotopic (exact) mass is 433 g/mol. The highest BCUT2D eigenvalue weighted by Gasteiger charge is 2.19. The summed E-state index contributed by atoms with van der Waals surface area (Å²) in [5.74, 6) is 0.606. The average Bonchev–Trinajstić information content (AvgIpc) is 3.13. The number of carbonyl (C=O) groups is 2. The minimum absolute atomic E-state index is 0.323. The van der Waals surface area contributed by atoms with Crippen LogP contribution in [0.4, 0.5) is 5.69 Å². The third-order valence-electron chi connectivity index (χ3n) is 3.90. The lowest BCUT2D eigenvalue weighted by molar-refractivity contribution is -0.155. The van der Waals surface area contributed by atoms with Crippen LogP contribution in [-0.4, -0.2) is 27.6 Å². The molecule has 0 aliphatic heterocycles. The third kappa shape index (κ3) is 5.80. The molecule has 0 bridgehead atoms. The first kappa shape index (κ1) is 21.3. The average molecular weight is 434 g/mol. The maximum atomic E-state index is 12.1. The van der Waals surface area contributed by atoms with Crippen LogP contribution in [0.3, 0.4) is 0 Å². The zero-order chi connectivity index (χ0) is 21.2. The molecule has 0 saturated carbocycles. The Labute approximate surface area is 177 Å². The van der Waals surface area contributed by atoms with Crippen LogP contribution < -0.4 is 5.32 Å². The van der Waals surface area contributed by atoms with Gasteiger partial charge in [-0.2, -0.15) is 0 Å². The number of esters is 1. The molecule has 1 aromatic carbocycles. The summed E-state index contributed by atoms with van der Waals surface area (Å²) in [6.07, 6.45) is -0.323. The predicted molar refractivity (Wildman–Crippen MR) is 114 cm³/mol. The SMILES string of the molecule is Cc1noc(C)c1CSc1nc2ccc(NC(=O)CC(=O)OC(C)(C)C)cc2s1. The highest BCUT2D eigenvalue weighted by molar-refractivity contribution is 8.00. The molecule has 2 heterocycles. The predicted octanol–water partition coefficient (Wildman–Crippen LogP) is 4.86. The van der Waals surface area contributed by atoms with E-state index in [-0.39, 0.29) is 6.42 Å². The summed E-state index contributed by atoms with van der Waals surface area (Å²) in [5.41, 5.74) is 2.85. The van der Waals surface area contributed by atoms with Crippen LogP contribution in [-0.2, 0) is 20.1 Å². The molecule has 2 aromatic heterocycles. The zero-order valence-electron chi connectivity index (χ0n) is 17.0. The highest BCUT2D eigenvalue weighted by Crippen LogP contribution is 2.34. The number of carbonyl (C=O) groups excluding carboxylic acids is 2. The Morgan fingerprint density at radius 2 is 2.03 bits per heavy atom. The van der Waals surface area contributed by atoms with Crippen molar-refractivity contribution in [3.8, 4) is 0 Å². The number of anilines is 1. The third-order valence-corrected chi connectivity index (χ3v) is 6.09. The second-order valence-electron chi connectivity index (χ2n) is 7.57. The van der Waals surface area contributed by atoms with Gasteiger partial charge in [0, 0.05) is 17.0 Å². The van der Waals surface area contributed by atoms with Crippen LogP contribution >= 0.6 is 23.1 Å². The van der Waals surface area contributed by atoms with Crippen molar-refractivity contribution in [3.05, 3.63) is 35.2 Å². The Morgan fingerprint density at radius 3 is 2.69 bits per heavy atom. The Morgan fingerprint density at radius 1 is 1.28 bits per heavy atom. The van der Waals surface area contributed by atoms with Gasteiger partial charge in [-0.05, 0) is 52.8 Å². The molecule has 0 fully saturated rings. The summed E-state index contributed by atoms with van der Waals surface area (Å²) in [7, 11) is 0. The van der Waals surface area contributed by atoms with Gasteiger partial charge in [0.1, 0.15) is 17.8 Å². The normalized spacial score (nSPS) is 11.6. The minimum atomic E-state index is -0.615. The van der Waals surface area contributed by atoms with Crippen molar-refractivity contribution in [1.29, 1.82) is 0 Å². The fourth-order valence-corrected chi connectivity index (χ4v) is 4.86. The number of nitrogens with zero attached hydrogens (tertiary/aromatic N) is 2. The molecule has 3 aromatic rings. The largest absolute Gasteiger partial charge is 0.460 e. The lowest BCUT2D eigenvalue weighted by Gasteiger charge is -2.19. The molecule has 0 aliphatic rings. The van der Waals surface area contributed by atoms with Gasteiger partial charge in [0.15, 0.2) is 4.34 Å². The molecule has 1 amide bonds. The number of thiazole rings is 1. The Hall–Kier alpha value is -2.39. The van der Waals surface area contributed by atoms with Crippen molar-refractivity contribution in [2.24, 2.45) is 0 Å². The van der Waals surface area contributed by atoms with E-state index >= 15 is 0 Å². The van der Waals surface area contributed by atoms with Crippen molar-refractivity contribution in [2.75, 3.05) is 5.32 Å². The van der Waals surface area contributed by atoms with Crippen molar-refractivity contribution in [2.45, 2.75) is 56.7 Å². The number of aryl methyl sites for hydroxylation is 2. The number of rotatable bonds is 6. The van der Waals surface area contributed by atoms with Crippen molar-refractivity contribution < 1.29 is 18.8 Å². The number of amides is 1. The number of aromatic nitrogens is 2. The Kier molecular flexibility index (Phi) is 6.28. The van der Waals surface area contributed by atoms with E-state index in [0.29, 0.717) is 5.69 Å². The van der Waals surface area contributed by atoms with Gasteiger partial charge in [-0.15, -0.1) is 11.3 Å². The number of thioether (sulfide) groups is 1. The van der Waals surface area contributed by atoms with Crippen LogP contribution in [0.1, 0.15) is 44.2 Å². The first-order valence-corrected chi connectivity index (χ1v) is 10.9. The van der Waals surface area contributed by atoms with E-state index in [4.69, 9.17) is 9.26 Å². The number of hydrogen-bond donors (Lipinski definition) is 1. The van der Waals surface area contributed by atoms with E-state index in [1.807, 2.05) is 26.0 Å². The Balaban J connectivity index is 1.63.